The summed E-state index contributed by atoms with van der Waals surface area (Å²) in [6.07, 6.45) is 3.67. The summed E-state index contributed by atoms with van der Waals surface area (Å²) in [6.45, 7) is 4.59. The summed E-state index contributed by atoms with van der Waals surface area (Å²) >= 11 is 0. The van der Waals surface area contributed by atoms with E-state index in [1.165, 1.54) is 12.8 Å². The van der Waals surface area contributed by atoms with Crippen molar-refractivity contribution in [2.75, 3.05) is 25.0 Å². The lowest BCUT2D eigenvalue weighted by molar-refractivity contribution is -0.117. The average molecular weight is 271 g/mol. The quantitative estimate of drug-likeness (QED) is 0.829. The number of rotatable bonds is 7. The van der Waals surface area contributed by atoms with Crippen molar-refractivity contribution in [2.45, 2.75) is 26.2 Å². The van der Waals surface area contributed by atoms with E-state index >= 15 is 0 Å². The van der Waals surface area contributed by atoms with E-state index in [1.807, 2.05) is 0 Å². The van der Waals surface area contributed by atoms with Gasteiger partial charge in [0, 0.05) is 12.2 Å². The third-order valence-corrected chi connectivity index (χ3v) is 3.42. The molecule has 0 bridgehead atoms. The molecule has 0 spiro atoms. The van der Waals surface area contributed by atoms with Crippen molar-refractivity contribution >= 4 is 11.6 Å². The molecule has 1 aromatic rings. The van der Waals surface area contributed by atoms with Crippen LogP contribution in [0.4, 0.5) is 5.69 Å². The molecule has 4 heteroatoms. The predicted molar refractivity (Wildman–Crippen MR) is 79.2 cm³/mol. The van der Waals surface area contributed by atoms with Crippen molar-refractivity contribution in [3.8, 4) is 6.07 Å². The molecule has 1 amide bonds. The monoisotopic (exact) mass is 271 g/mol. The maximum atomic E-state index is 12.0. The van der Waals surface area contributed by atoms with E-state index in [9.17, 15) is 4.79 Å². The van der Waals surface area contributed by atoms with Gasteiger partial charge in [0.25, 0.3) is 0 Å². The van der Waals surface area contributed by atoms with E-state index in [0.29, 0.717) is 12.1 Å². The van der Waals surface area contributed by atoms with Crippen LogP contribution in [0.2, 0.25) is 0 Å². The van der Waals surface area contributed by atoms with E-state index in [-0.39, 0.29) is 5.91 Å². The van der Waals surface area contributed by atoms with Crippen LogP contribution in [0, 0.1) is 17.2 Å². The number of hydrogen-bond donors (Lipinski definition) is 1. The van der Waals surface area contributed by atoms with Crippen molar-refractivity contribution in [1.29, 1.82) is 5.26 Å². The van der Waals surface area contributed by atoms with Crippen LogP contribution in [-0.2, 0) is 4.79 Å². The molecule has 0 heterocycles. The van der Waals surface area contributed by atoms with Crippen molar-refractivity contribution < 1.29 is 4.79 Å². The van der Waals surface area contributed by atoms with Crippen LogP contribution in [0.5, 0.6) is 0 Å². The van der Waals surface area contributed by atoms with Crippen LogP contribution in [0.25, 0.3) is 0 Å². The smallest absolute Gasteiger partial charge is 0.238 e. The Morgan fingerprint density at radius 3 is 2.65 bits per heavy atom. The fourth-order valence-electron chi connectivity index (χ4n) is 2.25. The second-order valence-electron chi connectivity index (χ2n) is 5.42. The van der Waals surface area contributed by atoms with Crippen LogP contribution in [-0.4, -0.2) is 30.4 Å². The van der Waals surface area contributed by atoms with Crippen LogP contribution >= 0.6 is 0 Å². The first-order valence-corrected chi connectivity index (χ1v) is 7.23. The number of nitrogens with zero attached hydrogens (tertiary/aromatic N) is 2. The Balaban J connectivity index is 1.84. The Bertz CT molecular complexity index is 485. The molecule has 0 unspecified atom stereocenters. The molecule has 4 nitrogen and oxygen atoms in total. The fourth-order valence-corrected chi connectivity index (χ4v) is 2.25. The summed E-state index contributed by atoms with van der Waals surface area (Å²) in [4.78, 5) is 14.3. The summed E-state index contributed by atoms with van der Waals surface area (Å²) in [7, 11) is 0. The lowest BCUT2D eigenvalue weighted by atomic mass is 10.2. The summed E-state index contributed by atoms with van der Waals surface area (Å²) in [5, 5.41) is 11.6. The van der Waals surface area contributed by atoms with Gasteiger partial charge in [0.2, 0.25) is 5.91 Å². The van der Waals surface area contributed by atoms with Crippen LogP contribution in [0.3, 0.4) is 0 Å². The molecule has 1 aliphatic carbocycles. The van der Waals surface area contributed by atoms with Gasteiger partial charge in [-0.1, -0.05) is 6.92 Å². The molecular weight excluding hydrogens is 250 g/mol. The number of benzene rings is 1. The number of nitrogens with one attached hydrogen (secondary N) is 1. The van der Waals surface area contributed by atoms with Crippen molar-refractivity contribution in [3.63, 3.8) is 0 Å². The largest absolute Gasteiger partial charge is 0.325 e. The molecule has 1 fully saturated rings. The Hall–Kier alpha value is -1.86. The Kier molecular flexibility index (Phi) is 5.14. The van der Waals surface area contributed by atoms with Gasteiger partial charge in [-0.2, -0.15) is 5.26 Å². The number of nitriles is 1. The minimum atomic E-state index is 0.0174. The van der Waals surface area contributed by atoms with Gasteiger partial charge in [-0.05, 0) is 56.0 Å². The van der Waals surface area contributed by atoms with Gasteiger partial charge in [0.1, 0.15) is 0 Å². The predicted octanol–water partition coefficient (Wildman–Crippen LogP) is 2.62. The molecular formula is C16H21N3O. The van der Waals surface area contributed by atoms with Crippen molar-refractivity contribution in [1.82, 2.24) is 4.90 Å². The van der Waals surface area contributed by atoms with Gasteiger partial charge >= 0.3 is 0 Å². The number of carbonyl (C=O) groups is 1. The summed E-state index contributed by atoms with van der Waals surface area (Å²) in [5.41, 5.74) is 1.35. The fraction of sp³-hybridized carbons (Fsp3) is 0.500. The Labute approximate surface area is 120 Å². The minimum absolute atomic E-state index is 0.0174. The van der Waals surface area contributed by atoms with Gasteiger partial charge in [-0.3, -0.25) is 9.69 Å². The molecule has 0 aliphatic heterocycles. The van der Waals surface area contributed by atoms with E-state index < -0.39 is 0 Å². The number of carbonyl (C=O) groups excluding carboxylic acids is 1. The first-order valence-electron chi connectivity index (χ1n) is 7.23. The lowest BCUT2D eigenvalue weighted by Crippen LogP contribution is -2.35. The highest BCUT2D eigenvalue weighted by Gasteiger charge is 2.24. The number of hydrogen-bond acceptors (Lipinski definition) is 3. The highest BCUT2D eigenvalue weighted by molar-refractivity contribution is 5.92. The van der Waals surface area contributed by atoms with Crippen LogP contribution < -0.4 is 5.32 Å². The molecule has 0 atom stereocenters. The number of amides is 1. The molecule has 1 aromatic carbocycles. The maximum absolute atomic E-state index is 12.0. The van der Waals surface area contributed by atoms with Crippen LogP contribution in [0.1, 0.15) is 31.7 Å². The second kappa shape index (κ2) is 7.06. The van der Waals surface area contributed by atoms with Gasteiger partial charge in [-0.15, -0.1) is 0 Å². The molecule has 1 N–H and O–H groups in total. The molecule has 0 saturated heterocycles. The Morgan fingerprint density at radius 1 is 1.40 bits per heavy atom. The molecule has 1 aliphatic rings. The zero-order chi connectivity index (χ0) is 14.4. The van der Waals surface area contributed by atoms with E-state index in [4.69, 9.17) is 5.26 Å². The number of anilines is 1. The molecule has 106 valence electrons. The molecule has 20 heavy (non-hydrogen) atoms. The third-order valence-electron chi connectivity index (χ3n) is 3.42. The highest BCUT2D eigenvalue weighted by Crippen LogP contribution is 2.29. The third kappa shape index (κ3) is 4.67. The maximum Gasteiger partial charge on any atom is 0.238 e. The molecule has 1 saturated carbocycles. The van der Waals surface area contributed by atoms with E-state index in [1.54, 1.807) is 24.3 Å². The lowest BCUT2D eigenvalue weighted by Gasteiger charge is -2.20. The second-order valence-corrected chi connectivity index (χ2v) is 5.42. The first-order chi connectivity index (χ1) is 9.71. The van der Waals surface area contributed by atoms with Crippen molar-refractivity contribution in [2.24, 2.45) is 5.92 Å². The van der Waals surface area contributed by atoms with Gasteiger partial charge in [0.05, 0.1) is 18.2 Å². The summed E-state index contributed by atoms with van der Waals surface area (Å²) in [5.74, 6) is 0.813. The average Bonchev–Trinajstić information content (AvgIpc) is 3.23. The topological polar surface area (TPSA) is 56.1 Å². The summed E-state index contributed by atoms with van der Waals surface area (Å²) in [6, 6.07) is 9.02. The van der Waals surface area contributed by atoms with E-state index in [2.05, 4.69) is 23.2 Å². The first kappa shape index (κ1) is 14.5. The van der Waals surface area contributed by atoms with Gasteiger partial charge in [-0.25, -0.2) is 0 Å². The molecule has 0 aromatic heterocycles. The zero-order valence-electron chi connectivity index (χ0n) is 11.9. The minimum Gasteiger partial charge on any atom is -0.325 e. The zero-order valence-corrected chi connectivity index (χ0v) is 11.9. The van der Waals surface area contributed by atoms with Crippen LogP contribution in [0.15, 0.2) is 24.3 Å². The van der Waals surface area contributed by atoms with Gasteiger partial charge < -0.3 is 5.32 Å². The van der Waals surface area contributed by atoms with Gasteiger partial charge in [0.15, 0.2) is 0 Å². The standard InChI is InChI=1S/C16H21N3O/c1-2-9-19(11-14-3-4-14)12-16(20)18-15-7-5-13(10-17)6-8-15/h5-8,14H,2-4,9,11-12H2,1H3,(H,18,20). The summed E-state index contributed by atoms with van der Waals surface area (Å²) < 4.78 is 0. The Morgan fingerprint density at radius 2 is 2.10 bits per heavy atom. The van der Waals surface area contributed by atoms with E-state index in [0.717, 1.165) is 31.1 Å². The highest BCUT2D eigenvalue weighted by atomic mass is 16.2. The van der Waals surface area contributed by atoms with Crippen molar-refractivity contribution in [3.05, 3.63) is 29.8 Å². The molecule has 0 radical (unpaired) electrons. The normalized spacial score (nSPS) is 14.1. The molecule has 2 rings (SSSR count). The SMILES string of the molecule is CCCN(CC(=O)Nc1ccc(C#N)cc1)CC1CC1.